The predicted molar refractivity (Wildman–Crippen MR) is 131 cm³/mol. The molecule has 0 heterocycles. The summed E-state index contributed by atoms with van der Waals surface area (Å²) in [6.07, 6.45) is 7.77. The third-order valence-corrected chi connectivity index (χ3v) is 65.7. The maximum atomic E-state index is 5.62. The van der Waals surface area contributed by atoms with Crippen LogP contribution >= 0.6 is 5.70 Å². The Hall–Kier alpha value is 0.555. The Kier molecular flexibility index (Phi) is 11.5. The van der Waals surface area contributed by atoms with Gasteiger partial charge in [0.05, 0.1) is 23.2 Å². The fourth-order valence-electron chi connectivity index (χ4n) is 4.17. The van der Waals surface area contributed by atoms with E-state index < -0.39 is 28.9 Å². The van der Waals surface area contributed by atoms with Gasteiger partial charge in [-0.1, -0.05) is 101 Å². The molecule has 0 bridgehead atoms. The van der Waals surface area contributed by atoms with Crippen LogP contribution in [0.3, 0.4) is 0 Å². The SMILES string of the molecule is C=C(C)C(=C)C.C[Si](C)(C)P(=NC1=CC=CC1)([Si](C)(C)C)[Si](C)(C)C.[Ti]. The Morgan fingerprint density at radius 2 is 1.19 bits per heavy atom. The average Bonchev–Trinajstić information content (AvgIpc) is 2.84. The molecule has 0 spiro atoms. The predicted octanol–water partition coefficient (Wildman–Crippen LogP) is 8.67. The largest absolute Gasteiger partial charge is 0.284 e. The number of allylic oxidation sites excluding steroid dienone is 5. The van der Waals surface area contributed by atoms with Crippen molar-refractivity contribution in [1.29, 1.82) is 0 Å². The standard InChI is InChI=1S/C14H32NPSi3.C6H10.Ti/c1-17(2,3)16(18(4,5)6,19(7,8)9)15-14-12-10-11-13-14;1-5(2)6(3)4;/h10-12H,13H2,1-9H3;1,3H2,2,4H3;. The zero-order chi connectivity index (χ0) is 20.3. The molecular formula is C20H42NPSi3Ti. The van der Waals surface area contributed by atoms with Crippen LogP contribution in [0.2, 0.25) is 58.9 Å². The summed E-state index contributed by atoms with van der Waals surface area (Å²) in [7, 11) is -3.83. The number of hydrogen-bond acceptors (Lipinski definition) is 1. The van der Waals surface area contributed by atoms with Gasteiger partial charge in [-0.15, -0.1) is 0 Å². The number of hydrogen-bond donors (Lipinski definition) is 0. The molecule has 0 aromatic carbocycles. The van der Waals surface area contributed by atoms with Crippen LogP contribution < -0.4 is 0 Å². The van der Waals surface area contributed by atoms with Crippen LogP contribution in [0.25, 0.3) is 0 Å². The van der Waals surface area contributed by atoms with Crippen LogP contribution in [0.5, 0.6) is 0 Å². The first kappa shape index (κ1) is 28.8. The van der Waals surface area contributed by atoms with Crippen LogP contribution in [0.4, 0.5) is 0 Å². The Labute approximate surface area is 182 Å². The normalized spacial score (nSPS) is 14.7. The van der Waals surface area contributed by atoms with Crippen LogP contribution in [0.1, 0.15) is 20.3 Å². The minimum atomic E-state index is -1.28. The molecule has 1 aliphatic rings. The van der Waals surface area contributed by atoms with Crippen molar-refractivity contribution in [2.75, 3.05) is 0 Å². The molecule has 1 rings (SSSR count). The van der Waals surface area contributed by atoms with Crippen molar-refractivity contribution in [3.8, 4) is 0 Å². The third kappa shape index (κ3) is 7.18. The quantitative estimate of drug-likeness (QED) is 0.221. The van der Waals surface area contributed by atoms with Crippen LogP contribution in [-0.2, 0) is 21.7 Å². The van der Waals surface area contributed by atoms with Gasteiger partial charge in [-0.25, -0.2) is 0 Å². The first-order valence-electron chi connectivity index (χ1n) is 9.27. The van der Waals surface area contributed by atoms with Gasteiger partial charge < -0.3 is 0 Å². The second kappa shape index (κ2) is 10.4. The summed E-state index contributed by atoms with van der Waals surface area (Å²) in [6.45, 7) is 34.5. The van der Waals surface area contributed by atoms with E-state index in [1.807, 2.05) is 13.8 Å². The molecule has 0 atom stereocenters. The van der Waals surface area contributed by atoms with E-state index >= 15 is 0 Å². The van der Waals surface area contributed by atoms with Crippen molar-refractivity contribution >= 4 is 28.9 Å². The molecule has 0 aromatic heterocycles. The summed E-state index contributed by atoms with van der Waals surface area (Å²) in [5, 5.41) is 0. The molecule has 0 aromatic rings. The molecule has 0 saturated carbocycles. The van der Waals surface area contributed by atoms with Crippen LogP contribution in [-0.4, -0.2) is 23.2 Å². The molecular weight excluding hydrogens is 417 g/mol. The molecule has 0 unspecified atom stereocenters. The summed E-state index contributed by atoms with van der Waals surface area (Å²) in [5.74, 6) is 0. The van der Waals surface area contributed by atoms with Crippen molar-refractivity contribution in [2.24, 2.45) is 4.74 Å². The first-order chi connectivity index (χ1) is 11.0. The molecule has 0 fully saturated rings. The van der Waals surface area contributed by atoms with Gasteiger partial charge in [0.25, 0.3) is 0 Å². The second-order valence-electron chi connectivity index (χ2n) is 10.1. The molecule has 1 nitrogen and oxygen atoms in total. The van der Waals surface area contributed by atoms with E-state index in [2.05, 4.69) is 90.3 Å². The number of nitrogens with zero attached hydrogens (tertiary/aromatic N) is 1. The molecule has 0 saturated heterocycles. The second-order valence-corrected chi connectivity index (χ2v) is 46.5. The Bertz CT molecular complexity index is 572. The van der Waals surface area contributed by atoms with E-state index in [0.717, 1.165) is 17.6 Å². The summed E-state index contributed by atoms with van der Waals surface area (Å²) in [5.41, 5.74) is 2.34. The molecule has 26 heavy (non-hydrogen) atoms. The molecule has 148 valence electrons. The van der Waals surface area contributed by atoms with Gasteiger partial charge in [0.15, 0.2) is 0 Å². The molecule has 0 aliphatic heterocycles. The van der Waals surface area contributed by atoms with E-state index in [0.29, 0.717) is 0 Å². The Balaban J connectivity index is 0. The zero-order valence-electron chi connectivity index (χ0n) is 19.2. The average molecular weight is 460 g/mol. The van der Waals surface area contributed by atoms with E-state index in [9.17, 15) is 0 Å². The van der Waals surface area contributed by atoms with Gasteiger partial charge in [-0.3, -0.25) is 4.74 Å². The summed E-state index contributed by atoms with van der Waals surface area (Å²) >= 11 is 0. The van der Waals surface area contributed by atoms with Crippen molar-refractivity contribution in [3.63, 3.8) is 0 Å². The van der Waals surface area contributed by atoms with Crippen LogP contribution in [0.15, 0.2) is 53.0 Å². The van der Waals surface area contributed by atoms with Gasteiger partial charge in [-0.05, 0) is 19.9 Å². The number of rotatable bonds is 5. The van der Waals surface area contributed by atoms with Crippen molar-refractivity contribution in [3.05, 3.63) is 48.2 Å². The van der Waals surface area contributed by atoms with E-state index in [1.54, 1.807) is 0 Å². The zero-order valence-corrected chi connectivity index (χ0v) is 24.7. The summed E-state index contributed by atoms with van der Waals surface area (Å²) < 4.78 is 5.62. The van der Waals surface area contributed by atoms with Gasteiger partial charge in [0, 0.05) is 33.8 Å². The van der Waals surface area contributed by atoms with E-state index in [4.69, 9.17) is 4.74 Å². The maximum Gasteiger partial charge on any atom is 0.0843 e. The molecule has 0 amide bonds. The Morgan fingerprint density at radius 1 is 0.846 bits per heavy atom. The monoisotopic (exact) mass is 459 g/mol. The molecule has 0 N–H and O–H groups in total. The van der Waals surface area contributed by atoms with Gasteiger partial charge in [0.1, 0.15) is 0 Å². The topological polar surface area (TPSA) is 12.4 Å². The molecule has 1 aliphatic carbocycles. The Morgan fingerprint density at radius 3 is 1.38 bits per heavy atom. The minimum Gasteiger partial charge on any atom is -0.284 e. The van der Waals surface area contributed by atoms with Crippen molar-refractivity contribution in [1.82, 2.24) is 0 Å². The summed E-state index contributed by atoms with van der Waals surface area (Å²) in [4.78, 5) is 0. The summed E-state index contributed by atoms with van der Waals surface area (Å²) in [6, 6.07) is 0. The van der Waals surface area contributed by atoms with Crippen LogP contribution in [0, 0.1) is 0 Å². The third-order valence-electron chi connectivity index (χ3n) is 4.67. The van der Waals surface area contributed by atoms with E-state index in [-0.39, 0.29) is 21.7 Å². The van der Waals surface area contributed by atoms with Gasteiger partial charge in [0.2, 0.25) is 0 Å². The smallest absolute Gasteiger partial charge is 0.0843 e. The van der Waals surface area contributed by atoms with Crippen molar-refractivity contribution < 1.29 is 21.7 Å². The van der Waals surface area contributed by atoms with Gasteiger partial charge >= 0.3 is 0 Å². The first-order valence-corrected chi connectivity index (χ1v) is 24.0. The fraction of sp³-hybridized carbons (Fsp3) is 0.600. The fourth-order valence-corrected chi connectivity index (χ4v) is 87.9. The maximum absolute atomic E-state index is 5.62. The molecule has 0 radical (unpaired) electrons. The van der Waals surface area contributed by atoms with Crippen molar-refractivity contribution in [2.45, 2.75) is 79.2 Å². The van der Waals surface area contributed by atoms with Gasteiger partial charge in [-0.2, -0.15) is 0 Å². The molecule has 6 heteroatoms. The van der Waals surface area contributed by atoms with E-state index in [1.165, 1.54) is 5.70 Å². The minimum absolute atomic E-state index is 0.